The largest absolute Gasteiger partial charge is 0.497 e. The molecule has 1 aliphatic rings. The molecule has 0 radical (unpaired) electrons. The van der Waals surface area contributed by atoms with Gasteiger partial charge in [0.15, 0.2) is 0 Å². The maximum atomic E-state index is 12.2. The predicted octanol–water partition coefficient (Wildman–Crippen LogP) is 2.53. The molecule has 2 heterocycles. The summed E-state index contributed by atoms with van der Waals surface area (Å²) in [6.07, 6.45) is 2.11. The third-order valence-electron chi connectivity index (χ3n) is 3.48. The number of pyridine rings is 1. The Labute approximate surface area is 127 Å². The molecule has 5 nitrogen and oxygen atoms in total. The van der Waals surface area contributed by atoms with Crippen molar-refractivity contribution in [2.45, 2.75) is 32.2 Å². The predicted molar refractivity (Wildman–Crippen MR) is 80.1 cm³/mol. The number of nitrogens with zero attached hydrogens (tertiary/aromatic N) is 3. The summed E-state index contributed by atoms with van der Waals surface area (Å²) in [5, 5.41) is 0.257. The van der Waals surface area contributed by atoms with Crippen molar-refractivity contribution in [3.63, 3.8) is 0 Å². The molecule has 0 amide bonds. The highest BCUT2D eigenvalue weighted by Gasteiger charge is 2.29. The van der Waals surface area contributed by atoms with Gasteiger partial charge in [0.05, 0.1) is 19.3 Å². The highest BCUT2D eigenvalue weighted by molar-refractivity contribution is 6.29. The molecule has 1 saturated carbocycles. The Hall–Kier alpha value is -1.88. The van der Waals surface area contributed by atoms with E-state index in [4.69, 9.17) is 16.3 Å². The molecule has 2 aromatic heterocycles. The maximum absolute atomic E-state index is 12.2. The molecule has 0 aliphatic heterocycles. The first-order chi connectivity index (χ1) is 10.1. The molecule has 21 heavy (non-hydrogen) atoms. The van der Waals surface area contributed by atoms with Crippen LogP contribution in [0, 0.1) is 6.92 Å². The van der Waals surface area contributed by atoms with Crippen molar-refractivity contribution in [1.82, 2.24) is 14.5 Å². The smallest absolute Gasteiger partial charge is 0.255 e. The molecule has 0 unspecified atom stereocenters. The van der Waals surface area contributed by atoms with E-state index in [2.05, 4.69) is 9.97 Å². The summed E-state index contributed by atoms with van der Waals surface area (Å²) in [6, 6.07) is 5.04. The van der Waals surface area contributed by atoms with E-state index >= 15 is 0 Å². The Bertz CT molecular complexity index is 738. The summed E-state index contributed by atoms with van der Waals surface area (Å²) in [6.45, 7) is 2.28. The first-order valence-corrected chi connectivity index (χ1v) is 7.23. The molecule has 0 spiro atoms. The number of hydrogen-bond acceptors (Lipinski definition) is 4. The third-order valence-corrected chi connectivity index (χ3v) is 3.68. The third kappa shape index (κ3) is 3.08. The lowest BCUT2D eigenvalue weighted by Gasteiger charge is -2.12. The molecule has 0 atom stereocenters. The zero-order chi connectivity index (χ0) is 15.0. The first-order valence-electron chi connectivity index (χ1n) is 6.85. The van der Waals surface area contributed by atoms with Crippen LogP contribution in [0.1, 0.15) is 36.0 Å². The van der Waals surface area contributed by atoms with E-state index in [1.54, 1.807) is 11.7 Å². The lowest BCUT2D eigenvalue weighted by molar-refractivity contribution is 0.412. The lowest BCUT2D eigenvalue weighted by atomic mass is 10.2. The zero-order valence-corrected chi connectivity index (χ0v) is 12.7. The molecule has 3 rings (SSSR count). The van der Waals surface area contributed by atoms with Crippen molar-refractivity contribution in [2.24, 2.45) is 0 Å². The summed E-state index contributed by atoms with van der Waals surface area (Å²) in [5.41, 5.74) is 1.49. The molecule has 1 aliphatic carbocycles. The Morgan fingerprint density at radius 1 is 1.33 bits per heavy atom. The Balaban J connectivity index is 2.02. The first kappa shape index (κ1) is 14.1. The molecular formula is C15H16ClN3O2. The highest BCUT2D eigenvalue weighted by Crippen LogP contribution is 2.38. The van der Waals surface area contributed by atoms with E-state index in [-0.39, 0.29) is 10.7 Å². The summed E-state index contributed by atoms with van der Waals surface area (Å²) >= 11 is 5.91. The molecule has 0 saturated heterocycles. The SMILES string of the molecule is COc1cc(C)nc(Cn2c(C3CC3)nc(Cl)cc2=O)c1. The molecule has 0 N–H and O–H groups in total. The fraction of sp³-hybridized carbons (Fsp3) is 0.400. The van der Waals surface area contributed by atoms with Gasteiger partial charge in [-0.25, -0.2) is 4.98 Å². The van der Waals surface area contributed by atoms with Crippen LogP contribution in [0.2, 0.25) is 5.15 Å². The monoisotopic (exact) mass is 305 g/mol. The van der Waals surface area contributed by atoms with Crippen molar-refractivity contribution in [1.29, 1.82) is 0 Å². The number of halogens is 1. The van der Waals surface area contributed by atoms with Crippen LogP contribution in [0.4, 0.5) is 0 Å². The van der Waals surface area contributed by atoms with Gasteiger partial charge in [0.2, 0.25) is 0 Å². The van der Waals surface area contributed by atoms with E-state index in [1.807, 2.05) is 19.1 Å². The average Bonchev–Trinajstić information content (AvgIpc) is 3.25. The number of methoxy groups -OCH3 is 1. The van der Waals surface area contributed by atoms with Crippen molar-refractivity contribution in [3.8, 4) is 5.75 Å². The van der Waals surface area contributed by atoms with Crippen molar-refractivity contribution >= 4 is 11.6 Å². The molecule has 0 bridgehead atoms. The normalized spacial score (nSPS) is 14.2. The van der Waals surface area contributed by atoms with Gasteiger partial charge in [-0.1, -0.05) is 11.6 Å². The highest BCUT2D eigenvalue weighted by atomic mass is 35.5. The van der Waals surface area contributed by atoms with Gasteiger partial charge in [0.1, 0.15) is 16.7 Å². The maximum Gasteiger partial charge on any atom is 0.255 e. The fourth-order valence-electron chi connectivity index (χ4n) is 2.37. The quantitative estimate of drug-likeness (QED) is 0.815. The summed E-state index contributed by atoms with van der Waals surface area (Å²) in [4.78, 5) is 21.0. The number of rotatable bonds is 4. The topological polar surface area (TPSA) is 57.0 Å². The Kier molecular flexibility index (Phi) is 3.68. The zero-order valence-electron chi connectivity index (χ0n) is 12.0. The van der Waals surface area contributed by atoms with E-state index in [0.717, 1.165) is 35.8 Å². The van der Waals surface area contributed by atoms with Gasteiger partial charge < -0.3 is 4.74 Å². The van der Waals surface area contributed by atoms with Gasteiger partial charge in [-0.2, -0.15) is 0 Å². The second kappa shape index (κ2) is 5.48. The number of hydrogen-bond donors (Lipinski definition) is 0. The number of aryl methyl sites for hydroxylation is 1. The Morgan fingerprint density at radius 2 is 2.10 bits per heavy atom. The van der Waals surface area contributed by atoms with E-state index in [9.17, 15) is 4.79 Å². The minimum atomic E-state index is -0.140. The van der Waals surface area contributed by atoms with Gasteiger partial charge in [-0.15, -0.1) is 0 Å². The van der Waals surface area contributed by atoms with Crippen molar-refractivity contribution < 1.29 is 4.74 Å². The van der Waals surface area contributed by atoms with Crippen molar-refractivity contribution in [2.75, 3.05) is 7.11 Å². The Morgan fingerprint density at radius 3 is 2.76 bits per heavy atom. The van der Waals surface area contributed by atoms with Gasteiger partial charge in [-0.3, -0.25) is 14.3 Å². The van der Waals surface area contributed by atoms with Gasteiger partial charge >= 0.3 is 0 Å². The molecule has 1 fully saturated rings. The number of aromatic nitrogens is 3. The van der Waals surface area contributed by atoms with Crippen LogP contribution in [0.5, 0.6) is 5.75 Å². The molecule has 110 valence electrons. The van der Waals surface area contributed by atoms with E-state index < -0.39 is 0 Å². The van der Waals surface area contributed by atoms with Gasteiger partial charge in [-0.05, 0) is 19.8 Å². The van der Waals surface area contributed by atoms with Crippen LogP contribution in [-0.4, -0.2) is 21.6 Å². The molecule has 6 heteroatoms. The molecule has 2 aromatic rings. The van der Waals surface area contributed by atoms with E-state index in [1.165, 1.54) is 6.07 Å². The second-order valence-corrected chi connectivity index (χ2v) is 5.66. The van der Waals surface area contributed by atoms with Gasteiger partial charge in [0.25, 0.3) is 5.56 Å². The average molecular weight is 306 g/mol. The van der Waals surface area contributed by atoms with Crippen molar-refractivity contribution in [3.05, 3.63) is 50.9 Å². The van der Waals surface area contributed by atoms with Crippen LogP contribution in [0.3, 0.4) is 0 Å². The van der Waals surface area contributed by atoms with Crippen LogP contribution in [0.15, 0.2) is 23.0 Å². The lowest BCUT2D eigenvalue weighted by Crippen LogP contribution is -2.25. The summed E-state index contributed by atoms with van der Waals surface area (Å²) < 4.78 is 6.91. The van der Waals surface area contributed by atoms with E-state index in [0.29, 0.717) is 12.5 Å². The minimum Gasteiger partial charge on any atom is -0.497 e. The second-order valence-electron chi connectivity index (χ2n) is 5.28. The molecular weight excluding hydrogens is 290 g/mol. The summed E-state index contributed by atoms with van der Waals surface area (Å²) in [5.74, 6) is 1.83. The standard InChI is InChI=1S/C15H16ClN3O2/c1-9-5-12(21-2)6-11(17-9)8-19-14(20)7-13(16)18-15(19)10-3-4-10/h5-7,10H,3-4,8H2,1-2H3. The van der Waals surface area contributed by atoms with Crippen LogP contribution in [0.25, 0.3) is 0 Å². The van der Waals surface area contributed by atoms with Crippen LogP contribution in [-0.2, 0) is 6.54 Å². The minimum absolute atomic E-state index is 0.140. The van der Waals surface area contributed by atoms with Gasteiger partial charge in [0, 0.05) is 29.8 Å². The fourth-order valence-corrected chi connectivity index (χ4v) is 2.55. The number of ether oxygens (including phenoxy) is 1. The molecule has 0 aromatic carbocycles. The summed E-state index contributed by atoms with van der Waals surface area (Å²) in [7, 11) is 1.62. The van der Waals surface area contributed by atoms with Crippen LogP contribution >= 0.6 is 11.6 Å². The van der Waals surface area contributed by atoms with Crippen LogP contribution < -0.4 is 10.3 Å².